The van der Waals surface area contributed by atoms with E-state index in [1.54, 1.807) is 0 Å². The fourth-order valence-corrected chi connectivity index (χ4v) is 1.13. The lowest BCUT2D eigenvalue weighted by atomic mass is 10.1. The van der Waals surface area contributed by atoms with Crippen LogP contribution in [-0.2, 0) is 14.3 Å². The molecule has 1 atom stereocenters. The van der Waals surface area contributed by atoms with Crippen molar-refractivity contribution in [2.45, 2.75) is 32.2 Å². The number of hydrogen-bond donors (Lipinski definition) is 2. The molecule has 0 fully saturated rings. The molecule has 0 spiro atoms. The maximum absolute atomic E-state index is 11.2. The molecule has 82 valence electrons. The SMILES string of the molecule is COC(=O)[C@@H](CCCCN)NC(C)=O. The van der Waals surface area contributed by atoms with Crippen LogP contribution in [0, 0.1) is 0 Å². The first-order valence-corrected chi connectivity index (χ1v) is 4.66. The van der Waals surface area contributed by atoms with Crippen LogP contribution in [0.15, 0.2) is 0 Å². The van der Waals surface area contributed by atoms with Gasteiger partial charge in [-0.25, -0.2) is 4.79 Å². The highest BCUT2D eigenvalue weighted by atomic mass is 16.5. The average Bonchev–Trinajstić information content (AvgIpc) is 2.15. The Bertz CT molecular complexity index is 194. The molecule has 0 heterocycles. The van der Waals surface area contributed by atoms with Crippen LogP contribution in [-0.4, -0.2) is 31.6 Å². The van der Waals surface area contributed by atoms with Crippen molar-refractivity contribution >= 4 is 11.9 Å². The van der Waals surface area contributed by atoms with Gasteiger partial charge in [0, 0.05) is 6.92 Å². The molecule has 0 unspecified atom stereocenters. The summed E-state index contributed by atoms with van der Waals surface area (Å²) in [5.74, 6) is -0.634. The van der Waals surface area contributed by atoms with Gasteiger partial charge in [0.2, 0.25) is 5.91 Å². The Morgan fingerprint density at radius 3 is 2.50 bits per heavy atom. The number of amides is 1. The number of esters is 1. The normalized spacial score (nSPS) is 11.9. The van der Waals surface area contributed by atoms with E-state index in [1.165, 1.54) is 14.0 Å². The number of methoxy groups -OCH3 is 1. The van der Waals surface area contributed by atoms with Crippen molar-refractivity contribution in [2.24, 2.45) is 5.73 Å². The second-order valence-corrected chi connectivity index (χ2v) is 3.06. The van der Waals surface area contributed by atoms with Gasteiger partial charge in [0.1, 0.15) is 6.04 Å². The minimum Gasteiger partial charge on any atom is -0.467 e. The van der Waals surface area contributed by atoms with E-state index in [1.807, 2.05) is 0 Å². The molecule has 0 aromatic carbocycles. The number of hydrogen-bond acceptors (Lipinski definition) is 4. The van der Waals surface area contributed by atoms with Crippen molar-refractivity contribution in [3.05, 3.63) is 0 Å². The lowest BCUT2D eigenvalue weighted by Gasteiger charge is -2.14. The first-order valence-electron chi connectivity index (χ1n) is 4.66. The van der Waals surface area contributed by atoms with Crippen molar-refractivity contribution in [2.75, 3.05) is 13.7 Å². The third kappa shape index (κ3) is 5.53. The molecule has 0 aliphatic heterocycles. The summed E-state index contributed by atoms with van der Waals surface area (Å²) in [6, 6.07) is -0.538. The number of unbranched alkanes of at least 4 members (excludes halogenated alkanes) is 1. The quantitative estimate of drug-likeness (QED) is 0.461. The van der Waals surface area contributed by atoms with Gasteiger partial charge in [0.15, 0.2) is 0 Å². The van der Waals surface area contributed by atoms with E-state index in [2.05, 4.69) is 10.1 Å². The minimum atomic E-state index is -0.538. The summed E-state index contributed by atoms with van der Waals surface area (Å²) in [6.07, 6.45) is 2.22. The first kappa shape index (κ1) is 12.9. The third-order valence-corrected chi connectivity index (χ3v) is 1.81. The van der Waals surface area contributed by atoms with Gasteiger partial charge in [0.25, 0.3) is 0 Å². The van der Waals surface area contributed by atoms with Crippen LogP contribution in [0.1, 0.15) is 26.2 Å². The minimum absolute atomic E-state index is 0.229. The van der Waals surface area contributed by atoms with Gasteiger partial charge >= 0.3 is 5.97 Å². The molecule has 0 saturated heterocycles. The van der Waals surface area contributed by atoms with E-state index in [0.29, 0.717) is 13.0 Å². The number of carbonyl (C=O) groups is 2. The predicted molar refractivity (Wildman–Crippen MR) is 52.5 cm³/mol. The van der Waals surface area contributed by atoms with Crippen LogP contribution >= 0.6 is 0 Å². The van der Waals surface area contributed by atoms with Gasteiger partial charge in [0.05, 0.1) is 7.11 Å². The fraction of sp³-hybridized carbons (Fsp3) is 0.778. The van der Waals surface area contributed by atoms with Crippen molar-refractivity contribution in [3.8, 4) is 0 Å². The molecule has 5 heteroatoms. The van der Waals surface area contributed by atoms with Gasteiger partial charge in [-0.3, -0.25) is 4.79 Å². The summed E-state index contributed by atoms with van der Waals surface area (Å²) in [7, 11) is 1.31. The Kier molecular flexibility index (Phi) is 6.74. The molecule has 14 heavy (non-hydrogen) atoms. The summed E-state index contributed by atoms with van der Waals surface area (Å²) in [5.41, 5.74) is 5.32. The summed E-state index contributed by atoms with van der Waals surface area (Å²) in [4.78, 5) is 21.9. The Morgan fingerprint density at radius 1 is 1.43 bits per heavy atom. The highest BCUT2D eigenvalue weighted by Crippen LogP contribution is 2.02. The molecule has 1 amide bonds. The first-order chi connectivity index (χ1) is 6.61. The summed E-state index contributed by atoms with van der Waals surface area (Å²) in [6.45, 7) is 1.97. The zero-order chi connectivity index (χ0) is 11.0. The molecule has 0 aliphatic rings. The van der Waals surface area contributed by atoms with Crippen molar-refractivity contribution in [1.29, 1.82) is 0 Å². The van der Waals surface area contributed by atoms with E-state index in [4.69, 9.17) is 5.73 Å². The predicted octanol–water partition coefficient (Wildman–Crippen LogP) is -0.207. The van der Waals surface area contributed by atoms with Crippen LogP contribution in [0.3, 0.4) is 0 Å². The topological polar surface area (TPSA) is 81.4 Å². The van der Waals surface area contributed by atoms with Crippen molar-refractivity contribution in [3.63, 3.8) is 0 Å². The molecular formula is C9H18N2O3. The van der Waals surface area contributed by atoms with Crippen LogP contribution in [0.25, 0.3) is 0 Å². The molecule has 0 aromatic heterocycles. The second kappa shape index (κ2) is 7.32. The monoisotopic (exact) mass is 202 g/mol. The molecule has 0 rings (SSSR count). The third-order valence-electron chi connectivity index (χ3n) is 1.81. The molecule has 0 bridgehead atoms. The number of rotatable bonds is 6. The smallest absolute Gasteiger partial charge is 0.328 e. The van der Waals surface area contributed by atoms with Gasteiger partial charge < -0.3 is 15.8 Å². The fourth-order valence-electron chi connectivity index (χ4n) is 1.13. The van der Waals surface area contributed by atoms with E-state index >= 15 is 0 Å². The summed E-state index contributed by atoms with van der Waals surface area (Å²) in [5, 5.41) is 2.54. The number of ether oxygens (including phenoxy) is 1. The van der Waals surface area contributed by atoms with Crippen molar-refractivity contribution in [1.82, 2.24) is 5.32 Å². The average molecular weight is 202 g/mol. The van der Waals surface area contributed by atoms with Crippen LogP contribution in [0.2, 0.25) is 0 Å². The van der Waals surface area contributed by atoms with Gasteiger partial charge in [-0.15, -0.1) is 0 Å². The van der Waals surface area contributed by atoms with Gasteiger partial charge in [-0.2, -0.15) is 0 Å². The maximum atomic E-state index is 11.2. The Morgan fingerprint density at radius 2 is 2.07 bits per heavy atom. The molecule has 5 nitrogen and oxygen atoms in total. The highest BCUT2D eigenvalue weighted by Gasteiger charge is 2.18. The molecule has 0 radical (unpaired) electrons. The zero-order valence-electron chi connectivity index (χ0n) is 8.71. The lowest BCUT2D eigenvalue weighted by molar-refractivity contribution is -0.145. The molecule has 0 aromatic rings. The molecule has 0 saturated carbocycles. The zero-order valence-corrected chi connectivity index (χ0v) is 8.71. The Labute approximate surface area is 84.0 Å². The molecular weight excluding hydrogens is 184 g/mol. The van der Waals surface area contributed by atoms with Gasteiger partial charge in [-0.1, -0.05) is 0 Å². The maximum Gasteiger partial charge on any atom is 0.328 e. The number of nitrogens with one attached hydrogen (secondary N) is 1. The van der Waals surface area contributed by atoms with E-state index in [-0.39, 0.29) is 5.91 Å². The van der Waals surface area contributed by atoms with E-state index < -0.39 is 12.0 Å². The van der Waals surface area contributed by atoms with Crippen LogP contribution < -0.4 is 11.1 Å². The molecule has 0 aliphatic carbocycles. The molecule has 3 N–H and O–H groups in total. The number of carbonyl (C=O) groups excluding carboxylic acids is 2. The largest absolute Gasteiger partial charge is 0.467 e. The standard InChI is InChI=1S/C9H18N2O3/c1-7(12)11-8(9(13)14-2)5-3-4-6-10/h8H,3-6,10H2,1-2H3,(H,11,12)/t8-/m1/s1. The van der Waals surface area contributed by atoms with Crippen molar-refractivity contribution < 1.29 is 14.3 Å². The summed E-state index contributed by atoms with van der Waals surface area (Å²) < 4.78 is 4.56. The Hall–Kier alpha value is -1.10. The second-order valence-electron chi connectivity index (χ2n) is 3.06. The van der Waals surface area contributed by atoms with E-state index in [0.717, 1.165) is 12.8 Å². The Balaban J connectivity index is 3.97. The van der Waals surface area contributed by atoms with E-state index in [9.17, 15) is 9.59 Å². The van der Waals surface area contributed by atoms with Crippen LogP contribution in [0.5, 0.6) is 0 Å². The summed E-state index contributed by atoms with van der Waals surface area (Å²) >= 11 is 0. The van der Waals surface area contributed by atoms with Gasteiger partial charge in [-0.05, 0) is 25.8 Å². The number of nitrogens with two attached hydrogens (primary N) is 1. The highest BCUT2D eigenvalue weighted by molar-refractivity contribution is 5.83. The van der Waals surface area contributed by atoms with Crippen LogP contribution in [0.4, 0.5) is 0 Å². The lowest BCUT2D eigenvalue weighted by Crippen LogP contribution is -2.40.